The Morgan fingerprint density at radius 1 is 1.00 bits per heavy atom. The third-order valence-corrected chi connectivity index (χ3v) is 3.14. The molecule has 2 aromatic rings. The predicted molar refractivity (Wildman–Crippen MR) is 72.3 cm³/mol. The van der Waals surface area contributed by atoms with Gasteiger partial charge in [0.15, 0.2) is 23.2 Å². The van der Waals surface area contributed by atoms with Crippen molar-refractivity contribution in [3.63, 3.8) is 0 Å². The molecule has 0 N–H and O–H groups in total. The SMILES string of the molecule is CCCc1ccc(-c2ccc(OC)c(F)c2)c(F)c1F. The first-order valence-corrected chi connectivity index (χ1v) is 6.39. The van der Waals surface area contributed by atoms with Crippen LogP contribution >= 0.6 is 0 Å². The largest absolute Gasteiger partial charge is 0.494 e. The third-order valence-electron chi connectivity index (χ3n) is 3.14. The number of benzene rings is 2. The summed E-state index contributed by atoms with van der Waals surface area (Å²) in [6, 6.07) is 7.04. The zero-order valence-corrected chi connectivity index (χ0v) is 11.3. The molecule has 0 aliphatic rings. The molecule has 0 aromatic heterocycles. The highest BCUT2D eigenvalue weighted by Gasteiger charge is 2.15. The lowest BCUT2D eigenvalue weighted by Crippen LogP contribution is -1.97. The zero-order chi connectivity index (χ0) is 14.7. The lowest BCUT2D eigenvalue weighted by Gasteiger charge is -2.09. The van der Waals surface area contributed by atoms with E-state index in [1.807, 2.05) is 6.92 Å². The Hall–Kier alpha value is -1.97. The minimum Gasteiger partial charge on any atom is -0.494 e. The molecule has 4 heteroatoms. The molecule has 2 rings (SSSR count). The lowest BCUT2D eigenvalue weighted by molar-refractivity contribution is 0.386. The van der Waals surface area contributed by atoms with Crippen LogP contribution in [-0.4, -0.2) is 7.11 Å². The minimum atomic E-state index is -0.944. The first kappa shape index (κ1) is 14.4. The first-order chi connectivity index (χ1) is 9.58. The van der Waals surface area contributed by atoms with Crippen LogP contribution in [0, 0.1) is 17.5 Å². The molecular formula is C16H15F3O. The van der Waals surface area contributed by atoms with Crippen LogP contribution in [0.4, 0.5) is 13.2 Å². The Kier molecular flexibility index (Phi) is 4.32. The molecule has 0 atom stereocenters. The molecule has 106 valence electrons. The van der Waals surface area contributed by atoms with E-state index in [-0.39, 0.29) is 16.9 Å². The van der Waals surface area contributed by atoms with Crippen molar-refractivity contribution < 1.29 is 17.9 Å². The van der Waals surface area contributed by atoms with Crippen LogP contribution in [0.3, 0.4) is 0 Å². The van der Waals surface area contributed by atoms with E-state index in [1.165, 1.54) is 25.3 Å². The Labute approximate surface area is 116 Å². The Morgan fingerprint density at radius 2 is 1.75 bits per heavy atom. The fourth-order valence-electron chi connectivity index (χ4n) is 2.11. The van der Waals surface area contributed by atoms with Crippen LogP contribution in [0.5, 0.6) is 5.75 Å². The van der Waals surface area contributed by atoms with Gasteiger partial charge in [-0.2, -0.15) is 0 Å². The molecule has 0 fully saturated rings. The fraction of sp³-hybridized carbons (Fsp3) is 0.250. The normalized spacial score (nSPS) is 10.7. The number of hydrogen-bond acceptors (Lipinski definition) is 1. The van der Waals surface area contributed by atoms with Crippen molar-refractivity contribution in [3.05, 3.63) is 53.3 Å². The van der Waals surface area contributed by atoms with E-state index < -0.39 is 17.5 Å². The Morgan fingerprint density at radius 3 is 2.35 bits per heavy atom. The second kappa shape index (κ2) is 5.99. The maximum Gasteiger partial charge on any atom is 0.166 e. The van der Waals surface area contributed by atoms with Crippen LogP contribution in [0.1, 0.15) is 18.9 Å². The molecular weight excluding hydrogens is 265 g/mol. The molecule has 1 nitrogen and oxygen atoms in total. The summed E-state index contributed by atoms with van der Waals surface area (Å²) in [6.45, 7) is 1.89. The van der Waals surface area contributed by atoms with Gasteiger partial charge in [0.2, 0.25) is 0 Å². The topological polar surface area (TPSA) is 9.23 Å². The van der Waals surface area contributed by atoms with Crippen molar-refractivity contribution in [3.8, 4) is 16.9 Å². The number of aryl methyl sites for hydroxylation is 1. The van der Waals surface area contributed by atoms with E-state index in [2.05, 4.69) is 0 Å². The summed E-state index contributed by atoms with van der Waals surface area (Å²) >= 11 is 0. The number of ether oxygens (including phenoxy) is 1. The van der Waals surface area contributed by atoms with E-state index in [4.69, 9.17) is 4.74 Å². The summed E-state index contributed by atoms with van der Waals surface area (Å²) in [5.41, 5.74) is 0.661. The fourth-order valence-corrected chi connectivity index (χ4v) is 2.11. The van der Waals surface area contributed by atoms with Crippen LogP contribution in [0.25, 0.3) is 11.1 Å². The lowest BCUT2D eigenvalue weighted by atomic mass is 10.0. The Balaban J connectivity index is 2.48. The predicted octanol–water partition coefficient (Wildman–Crippen LogP) is 4.73. The number of methoxy groups -OCH3 is 1. The molecule has 0 spiro atoms. The van der Waals surface area contributed by atoms with Crippen LogP contribution < -0.4 is 4.74 Å². The van der Waals surface area contributed by atoms with Gasteiger partial charge >= 0.3 is 0 Å². The van der Waals surface area contributed by atoms with E-state index in [0.29, 0.717) is 12.0 Å². The highest BCUT2D eigenvalue weighted by Crippen LogP contribution is 2.29. The molecule has 0 saturated carbocycles. The summed E-state index contributed by atoms with van der Waals surface area (Å²) in [7, 11) is 1.35. The summed E-state index contributed by atoms with van der Waals surface area (Å²) < 4.78 is 46.4. The molecule has 0 radical (unpaired) electrons. The van der Waals surface area contributed by atoms with Gasteiger partial charge in [-0.3, -0.25) is 0 Å². The summed E-state index contributed by atoms with van der Waals surface area (Å²) in [4.78, 5) is 0. The van der Waals surface area contributed by atoms with Gasteiger partial charge < -0.3 is 4.74 Å². The monoisotopic (exact) mass is 280 g/mol. The van der Waals surface area contributed by atoms with Gasteiger partial charge in [-0.25, -0.2) is 13.2 Å². The molecule has 0 saturated heterocycles. The molecule has 20 heavy (non-hydrogen) atoms. The van der Waals surface area contributed by atoms with Crippen LogP contribution in [0.15, 0.2) is 30.3 Å². The summed E-state index contributed by atoms with van der Waals surface area (Å²) in [5.74, 6) is -2.35. The molecule has 2 aromatic carbocycles. The standard InChI is InChI=1S/C16H15F3O/c1-3-4-10-5-7-12(16(19)15(10)18)11-6-8-14(20-2)13(17)9-11/h5-9H,3-4H2,1-2H3. The Bertz CT molecular complexity index is 623. The molecule has 0 aliphatic carbocycles. The van der Waals surface area contributed by atoms with Crippen LogP contribution in [0.2, 0.25) is 0 Å². The van der Waals surface area contributed by atoms with Crippen molar-refractivity contribution >= 4 is 0 Å². The van der Waals surface area contributed by atoms with Crippen molar-refractivity contribution in [1.82, 2.24) is 0 Å². The third kappa shape index (κ3) is 2.64. The van der Waals surface area contributed by atoms with Gasteiger partial charge in [-0.1, -0.05) is 31.5 Å². The zero-order valence-electron chi connectivity index (χ0n) is 11.3. The summed E-state index contributed by atoms with van der Waals surface area (Å²) in [5, 5.41) is 0. The van der Waals surface area contributed by atoms with E-state index in [0.717, 1.165) is 12.5 Å². The molecule has 0 aliphatic heterocycles. The van der Waals surface area contributed by atoms with Crippen molar-refractivity contribution in [2.45, 2.75) is 19.8 Å². The van der Waals surface area contributed by atoms with Gasteiger partial charge in [-0.05, 0) is 29.7 Å². The van der Waals surface area contributed by atoms with E-state index >= 15 is 0 Å². The highest BCUT2D eigenvalue weighted by molar-refractivity contribution is 5.65. The first-order valence-electron chi connectivity index (χ1n) is 6.39. The highest BCUT2D eigenvalue weighted by atomic mass is 19.2. The maximum atomic E-state index is 14.1. The maximum absolute atomic E-state index is 14.1. The van der Waals surface area contributed by atoms with Gasteiger partial charge in [0.05, 0.1) is 7.11 Å². The quantitative estimate of drug-likeness (QED) is 0.786. The van der Waals surface area contributed by atoms with Gasteiger partial charge in [0.25, 0.3) is 0 Å². The van der Waals surface area contributed by atoms with Crippen molar-refractivity contribution in [1.29, 1.82) is 0 Å². The average molecular weight is 280 g/mol. The van der Waals surface area contributed by atoms with Gasteiger partial charge in [-0.15, -0.1) is 0 Å². The minimum absolute atomic E-state index is 0.0453. The molecule has 0 bridgehead atoms. The van der Waals surface area contributed by atoms with Crippen molar-refractivity contribution in [2.75, 3.05) is 7.11 Å². The van der Waals surface area contributed by atoms with E-state index in [9.17, 15) is 13.2 Å². The second-order valence-electron chi connectivity index (χ2n) is 4.50. The molecule has 0 unspecified atom stereocenters. The van der Waals surface area contributed by atoms with E-state index in [1.54, 1.807) is 6.07 Å². The number of rotatable bonds is 4. The average Bonchev–Trinajstić information content (AvgIpc) is 2.44. The molecule has 0 heterocycles. The van der Waals surface area contributed by atoms with Gasteiger partial charge in [0.1, 0.15) is 0 Å². The number of halogens is 3. The second-order valence-corrected chi connectivity index (χ2v) is 4.50. The molecule has 0 amide bonds. The van der Waals surface area contributed by atoms with Crippen LogP contribution in [-0.2, 0) is 6.42 Å². The number of hydrogen-bond donors (Lipinski definition) is 0. The van der Waals surface area contributed by atoms with Crippen molar-refractivity contribution in [2.24, 2.45) is 0 Å². The smallest absolute Gasteiger partial charge is 0.166 e. The summed E-state index contributed by atoms with van der Waals surface area (Å²) in [6.07, 6.45) is 1.20. The van der Waals surface area contributed by atoms with Gasteiger partial charge in [0, 0.05) is 5.56 Å².